The molecule has 1 aliphatic rings. The number of carbonyl (C=O) groups is 1. The smallest absolute Gasteiger partial charge is 0.255 e. The predicted octanol–water partition coefficient (Wildman–Crippen LogP) is 3.74. The average Bonchev–Trinajstić information content (AvgIpc) is 2.66. The van der Waals surface area contributed by atoms with Crippen LogP contribution >= 0.6 is 27.5 Å². The van der Waals surface area contributed by atoms with Crippen molar-refractivity contribution in [3.8, 4) is 0 Å². The predicted molar refractivity (Wildman–Crippen MR) is 79.7 cm³/mol. The van der Waals surface area contributed by atoms with Crippen molar-refractivity contribution in [1.29, 1.82) is 0 Å². The summed E-state index contributed by atoms with van der Waals surface area (Å²) in [7, 11) is 0. The molecule has 0 spiro atoms. The van der Waals surface area contributed by atoms with Crippen molar-refractivity contribution in [1.82, 2.24) is 4.90 Å². The summed E-state index contributed by atoms with van der Waals surface area (Å²) in [6.45, 7) is 4.18. The van der Waals surface area contributed by atoms with Crippen molar-refractivity contribution in [2.24, 2.45) is 0 Å². The number of rotatable bonds is 2. The Hall–Kier alpha value is -0.580. The van der Waals surface area contributed by atoms with Gasteiger partial charge in [-0.3, -0.25) is 4.79 Å². The van der Waals surface area contributed by atoms with Gasteiger partial charge >= 0.3 is 0 Å². The normalized spacial score (nSPS) is 20.2. The number of amides is 1. The number of benzene rings is 1. The Morgan fingerprint density at radius 1 is 1.58 bits per heavy atom. The van der Waals surface area contributed by atoms with E-state index in [1.807, 2.05) is 4.90 Å². The molecule has 0 aliphatic carbocycles. The van der Waals surface area contributed by atoms with Gasteiger partial charge in [0.05, 0.1) is 11.7 Å². The molecular formula is C14H17BrClNO2. The second-order valence-electron chi connectivity index (χ2n) is 4.63. The van der Waals surface area contributed by atoms with E-state index in [0.29, 0.717) is 17.1 Å². The summed E-state index contributed by atoms with van der Waals surface area (Å²) in [5.41, 5.74) is 0.615. The van der Waals surface area contributed by atoms with E-state index in [1.54, 1.807) is 18.2 Å². The molecule has 0 saturated carbocycles. The second-order valence-corrected chi connectivity index (χ2v) is 5.92. The van der Waals surface area contributed by atoms with Crippen molar-refractivity contribution in [3.63, 3.8) is 0 Å². The van der Waals surface area contributed by atoms with Gasteiger partial charge in [0.25, 0.3) is 5.91 Å². The SMILES string of the molecule is CCC1CN(C(=O)c2cc(Cl)ccc2Br)CCCO1. The lowest BCUT2D eigenvalue weighted by Crippen LogP contribution is -2.36. The number of carbonyl (C=O) groups excluding carboxylic acids is 1. The van der Waals surface area contributed by atoms with Gasteiger partial charge in [-0.05, 0) is 47.0 Å². The lowest BCUT2D eigenvalue weighted by molar-refractivity contribution is 0.0459. The molecule has 0 N–H and O–H groups in total. The highest BCUT2D eigenvalue weighted by Crippen LogP contribution is 2.23. The van der Waals surface area contributed by atoms with E-state index in [2.05, 4.69) is 22.9 Å². The van der Waals surface area contributed by atoms with Crippen LogP contribution in [-0.2, 0) is 4.74 Å². The molecule has 1 unspecified atom stereocenters. The van der Waals surface area contributed by atoms with Crippen LogP contribution in [0.15, 0.2) is 22.7 Å². The van der Waals surface area contributed by atoms with Gasteiger partial charge < -0.3 is 9.64 Å². The third kappa shape index (κ3) is 3.71. The van der Waals surface area contributed by atoms with Crippen molar-refractivity contribution >= 4 is 33.4 Å². The van der Waals surface area contributed by atoms with Crippen LogP contribution in [0.3, 0.4) is 0 Å². The van der Waals surface area contributed by atoms with Gasteiger partial charge in [-0.15, -0.1) is 0 Å². The van der Waals surface area contributed by atoms with Crippen molar-refractivity contribution in [2.75, 3.05) is 19.7 Å². The maximum Gasteiger partial charge on any atom is 0.255 e. The van der Waals surface area contributed by atoms with Gasteiger partial charge in [0.15, 0.2) is 0 Å². The third-order valence-corrected chi connectivity index (χ3v) is 4.18. The Morgan fingerprint density at radius 2 is 2.37 bits per heavy atom. The number of halogens is 2. The topological polar surface area (TPSA) is 29.5 Å². The Bertz CT molecular complexity index is 467. The first-order valence-corrected chi connectivity index (χ1v) is 7.65. The summed E-state index contributed by atoms with van der Waals surface area (Å²) < 4.78 is 6.47. The number of hydrogen-bond donors (Lipinski definition) is 0. The first kappa shape index (κ1) is 14.8. The first-order chi connectivity index (χ1) is 9.11. The minimum atomic E-state index is 0.0123. The van der Waals surface area contributed by atoms with Crippen LogP contribution in [0.2, 0.25) is 5.02 Å². The molecule has 0 bridgehead atoms. The Labute approximate surface area is 127 Å². The van der Waals surface area contributed by atoms with Crippen LogP contribution < -0.4 is 0 Å². The molecule has 1 aromatic rings. The summed E-state index contributed by atoms with van der Waals surface area (Å²) in [4.78, 5) is 14.4. The average molecular weight is 347 g/mol. The highest BCUT2D eigenvalue weighted by molar-refractivity contribution is 9.10. The zero-order chi connectivity index (χ0) is 13.8. The van der Waals surface area contributed by atoms with Crippen LogP contribution in [0.5, 0.6) is 0 Å². The van der Waals surface area contributed by atoms with Gasteiger partial charge in [-0.25, -0.2) is 0 Å². The van der Waals surface area contributed by atoms with E-state index in [1.165, 1.54) is 0 Å². The monoisotopic (exact) mass is 345 g/mol. The summed E-state index contributed by atoms with van der Waals surface area (Å²) in [5, 5.41) is 0.574. The van der Waals surface area contributed by atoms with E-state index < -0.39 is 0 Å². The molecule has 1 saturated heterocycles. The fourth-order valence-corrected chi connectivity index (χ4v) is 2.75. The molecule has 19 heavy (non-hydrogen) atoms. The Balaban J connectivity index is 2.19. The minimum Gasteiger partial charge on any atom is -0.376 e. The summed E-state index contributed by atoms with van der Waals surface area (Å²) in [6, 6.07) is 5.28. The molecule has 3 nitrogen and oxygen atoms in total. The fraction of sp³-hybridized carbons (Fsp3) is 0.500. The minimum absolute atomic E-state index is 0.0123. The first-order valence-electron chi connectivity index (χ1n) is 6.47. The molecule has 2 rings (SSSR count). The van der Waals surface area contributed by atoms with Gasteiger partial charge in [0.2, 0.25) is 0 Å². The molecular weight excluding hydrogens is 330 g/mol. The van der Waals surface area contributed by atoms with Gasteiger partial charge in [0.1, 0.15) is 0 Å². The van der Waals surface area contributed by atoms with Crippen LogP contribution in [0.4, 0.5) is 0 Å². The molecule has 104 valence electrons. The number of ether oxygens (including phenoxy) is 1. The second kappa shape index (κ2) is 6.73. The summed E-state index contributed by atoms with van der Waals surface area (Å²) in [6.07, 6.45) is 1.92. The molecule has 0 aromatic heterocycles. The highest BCUT2D eigenvalue weighted by Gasteiger charge is 2.23. The van der Waals surface area contributed by atoms with Crippen LogP contribution in [-0.4, -0.2) is 36.6 Å². The zero-order valence-corrected chi connectivity index (χ0v) is 13.2. The highest BCUT2D eigenvalue weighted by atomic mass is 79.9. The van der Waals surface area contributed by atoms with Gasteiger partial charge in [0, 0.05) is 29.2 Å². The lowest BCUT2D eigenvalue weighted by Gasteiger charge is -2.24. The maximum atomic E-state index is 12.6. The third-order valence-electron chi connectivity index (χ3n) is 3.25. The van der Waals surface area contributed by atoms with Crippen LogP contribution in [0.1, 0.15) is 30.1 Å². The summed E-state index contributed by atoms with van der Waals surface area (Å²) >= 11 is 9.38. The molecule has 1 aromatic carbocycles. The molecule has 5 heteroatoms. The molecule has 1 atom stereocenters. The maximum absolute atomic E-state index is 12.6. The molecule has 1 amide bonds. The van der Waals surface area contributed by atoms with Crippen molar-refractivity contribution in [3.05, 3.63) is 33.3 Å². The lowest BCUT2D eigenvalue weighted by atomic mass is 10.1. The zero-order valence-electron chi connectivity index (χ0n) is 10.9. The molecule has 1 heterocycles. The van der Waals surface area contributed by atoms with E-state index >= 15 is 0 Å². The van der Waals surface area contributed by atoms with Crippen LogP contribution in [0, 0.1) is 0 Å². The standard InChI is InChI=1S/C14H17BrClNO2/c1-2-11-9-17(6-3-7-19-11)14(18)12-8-10(16)4-5-13(12)15/h4-5,8,11H,2-3,6-7,9H2,1H3. The Kier molecular flexibility index (Phi) is 5.25. The van der Waals surface area contributed by atoms with Gasteiger partial charge in [-0.1, -0.05) is 18.5 Å². The van der Waals surface area contributed by atoms with E-state index in [-0.39, 0.29) is 12.0 Å². The van der Waals surface area contributed by atoms with Crippen molar-refractivity contribution in [2.45, 2.75) is 25.9 Å². The van der Waals surface area contributed by atoms with Crippen LogP contribution in [0.25, 0.3) is 0 Å². The largest absolute Gasteiger partial charge is 0.376 e. The van der Waals surface area contributed by atoms with E-state index in [9.17, 15) is 4.79 Å². The molecule has 1 fully saturated rings. The molecule has 0 radical (unpaired) electrons. The summed E-state index contributed by atoms with van der Waals surface area (Å²) in [5.74, 6) is 0.0123. The number of hydrogen-bond acceptors (Lipinski definition) is 2. The fourth-order valence-electron chi connectivity index (χ4n) is 2.16. The van der Waals surface area contributed by atoms with E-state index in [0.717, 1.165) is 30.5 Å². The Morgan fingerprint density at radius 3 is 3.11 bits per heavy atom. The van der Waals surface area contributed by atoms with Gasteiger partial charge in [-0.2, -0.15) is 0 Å². The quantitative estimate of drug-likeness (QED) is 0.816. The molecule has 1 aliphatic heterocycles. The van der Waals surface area contributed by atoms with Crippen molar-refractivity contribution < 1.29 is 9.53 Å². The number of nitrogens with zero attached hydrogens (tertiary/aromatic N) is 1. The van der Waals surface area contributed by atoms with E-state index in [4.69, 9.17) is 16.3 Å².